The van der Waals surface area contributed by atoms with E-state index in [1.54, 1.807) is 0 Å². The summed E-state index contributed by atoms with van der Waals surface area (Å²) in [6.07, 6.45) is 5.64. The van der Waals surface area contributed by atoms with Crippen LogP contribution in [0.1, 0.15) is 12.8 Å². The first-order valence-electron chi connectivity index (χ1n) is 9.85. The van der Waals surface area contributed by atoms with Gasteiger partial charge in [-0.2, -0.15) is 5.10 Å². The van der Waals surface area contributed by atoms with Crippen LogP contribution in [0.5, 0.6) is 0 Å². The van der Waals surface area contributed by atoms with E-state index in [-0.39, 0.29) is 0 Å². The fraction of sp³-hybridized carbons (Fsp3) is 0.450. The topological polar surface area (TPSA) is 88.2 Å². The fourth-order valence-electron chi connectivity index (χ4n) is 3.85. The highest BCUT2D eigenvalue weighted by Crippen LogP contribution is 2.32. The third kappa shape index (κ3) is 3.41. The van der Waals surface area contributed by atoms with Gasteiger partial charge in [-0.3, -0.25) is 5.10 Å². The molecule has 3 aromatic heterocycles. The van der Waals surface area contributed by atoms with E-state index in [1.165, 1.54) is 0 Å². The normalized spacial score (nSPS) is 18.5. The molecule has 0 radical (unpaired) electrons. The van der Waals surface area contributed by atoms with Crippen LogP contribution in [0.4, 0.5) is 11.6 Å². The lowest BCUT2D eigenvalue weighted by Crippen LogP contribution is -2.36. The molecule has 0 unspecified atom stereocenters. The number of ether oxygens (including phenoxy) is 2. The highest BCUT2D eigenvalue weighted by Gasteiger charge is 2.20. The van der Waals surface area contributed by atoms with Gasteiger partial charge in [0.1, 0.15) is 17.3 Å². The van der Waals surface area contributed by atoms with E-state index in [0.717, 1.165) is 86.2 Å². The highest BCUT2D eigenvalue weighted by atomic mass is 16.5. The second-order valence-electron chi connectivity index (χ2n) is 7.19. The number of nitrogens with zero attached hydrogens (tertiary/aromatic N) is 4. The van der Waals surface area contributed by atoms with Gasteiger partial charge >= 0.3 is 0 Å². The Morgan fingerprint density at radius 3 is 2.64 bits per heavy atom. The molecule has 8 nitrogen and oxygen atoms in total. The van der Waals surface area contributed by atoms with Crippen molar-refractivity contribution < 1.29 is 9.47 Å². The van der Waals surface area contributed by atoms with Crippen LogP contribution in [-0.2, 0) is 9.47 Å². The molecule has 28 heavy (non-hydrogen) atoms. The van der Waals surface area contributed by atoms with E-state index in [4.69, 9.17) is 9.47 Å². The van der Waals surface area contributed by atoms with Gasteiger partial charge in [0.15, 0.2) is 0 Å². The summed E-state index contributed by atoms with van der Waals surface area (Å²) < 4.78 is 10.9. The molecule has 5 heterocycles. The number of hydrogen-bond acceptors (Lipinski definition) is 7. The first-order chi connectivity index (χ1) is 13.9. The Hall–Kier alpha value is -2.71. The van der Waals surface area contributed by atoms with E-state index in [2.05, 4.69) is 36.4 Å². The van der Waals surface area contributed by atoms with Gasteiger partial charge in [-0.15, -0.1) is 0 Å². The maximum atomic E-state index is 5.47. The lowest BCUT2D eigenvalue weighted by Gasteiger charge is -2.28. The van der Waals surface area contributed by atoms with Gasteiger partial charge in [0.2, 0.25) is 0 Å². The number of anilines is 2. The van der Waals surface area contributed by atoms with Crippen LogP contribution in [0.3, 0.4) is 0 Å². The van der Waals surface area contributed by atoms with Gasteiger partial charge in [0, 0.05) is 50.3 Å². The molecule has 3 aromatic rings. The second kappa shape index (κ2) is 7.73. The van der Waals surface area contributed by atoms with Crippen molar-refractivity contribution in [1.29, 1.82) is 0 Å². The molecular formula is C20H24N6O2. The van der Waals surface area contributed by atoms with E-state index in [0.29, 0.717) is 6.04 Å². The maximum absolute atomic E-state index is 5.47. The Balaban J connectivity index is 1.50. The molecule has 146 valence electrons. The van der Waals surface area contributed by atoms with Crippen molar-refractivity contribution in [1.82, 2.24) is 20.2 Å². The Kier molecular flexibility index (Phi) is 4.80. The minimum atomic E-state index is 0.371. The number of aromatic nitrogens is 4. The zero-order valence-corrected chi connectivity index (χ0v) is 15.7. The molecule has 5 rings (SSSR count). The molecular weight excluding hydrogens is 356 g/mol. The van der Waals surface area contributed by atoms with Crippen LogP contribution in [0, 0.1) is 0 Å². The smallest absolute Gasteiger partial charge is 0.137 e. The summed E-state index contributed by atoms with van der Waals surface area (Å²) in [5.74, 6) is 1.83. The number of H-pyrrole nitrogens is 1. The molecule has 0 atom stereocenters. The van der Waals surface area contributed by atoms with Crippen LogP contribution >= 0.6 is 0 Å². The third-order valence-electron chi connectivity index (χ3n) is 5.39. The minimum Gasteiger partial charge on any atom is -0.381 e. The lowest BCUT2D eigenvalue weighted by molar-refractivity contribution is 0.0904. The van der Waals surface area contributed by atoms with Crippen LogP contribution < -0.4 is 10.2 Å². The number of pyridine rings is 2. The number of fused-ring (bicyclic) bond motifs is 1. The van der Waals surface area contributed by atoms with Crippen molar-refractivity contribution in [2.75, 3.05) is 49.7 Å². The zero-order chi connectivity index (χ0) is 18.8. The summed E-state index contributed by atoms with van der Waals surface area (Å²) in [5.41, 5.74) is 2.91. The minimum absolute atomic E-state index is 0.371. The van der Waals surface area contributed by atoms with Crippen molar-refractivity contribution >= 4 is 22.5 Å². The van der Waals surface area contributed by atoms with Crippen LogP contribution in [0.2, 0.25) is 0 Å². The van der Waals surface area contributed by atoms with E-state index in [1.807, 2.05) is 24.5 Å². The van der Waals surface area contributed by atoms with Crippen molar-refractivity contribution in [2.45, 2.75) is 18.9 Å². The molecule has 2 N–H and O–H groups in total. The molecule has 0 aliphatic carbocycles. The quantitative estimate of drug-likeness (QED) is 0.719. The first-order valence-corrected chi connectivity index (χ1v) is 9.85. The molecule has 2 aliphatic rings. The lowest BCUT2D eigenvalue weighted by atomic mass is 10.1. The fourth-order valence-corrected chi connectivity index (χ4v) is 3.85. The standard InChI is InChI=1S/C20H24N6O2/c1-5-21-17(26-7-11-28-12-8-26)13-14(1)19-18-16(24-25-19)2-6-22-20(18)23-15-3-9-27-10-4-15/h1-2,5-6,13,15H,3-4,7-12H2,(H,22,23)(H,24,25). The van der Waals surface area contributed by atoms with Crippen LogP contribution in [-0.4, -0.2) is 65.7 Å². The molecule has 8 heteroatoms. The van der Waals surface area contributed by atoms with Crippen molar-refractivity contribution in [3.05, 3.63) is 30.6 Å². The molecule has 0 spiro atoms. The van der Waals surface area contributed by atoms with Gasteiger partial charge in [-0.1, -0.05) is 0 Å². The van der Waals surface area contributed by atoms with Gasteiger partial charge in [0.05, 0.1) is 24.1 Å². The summed E-state index contributed by atoms with van der Waals surface area (Å²) >= 11 is 0. The predicted molar refractivity (Wildman–Crippen MR) is 108 cm³/mol. The summed E-state index contributed by atoms with van der Waals surface area (Å²) in [6, 6.07) is 6.44. The van der Waals surface area contributed by atoms with Crippen LogP contribution in [0.15, 0.2) is 30.6 Å². The van der Waals surface area contributed by atoms with Gasteiger partial charge in [-0.25, -0.2) is 9.97 Å². The highest BCUT2D eigenvalue weighted by molar-refractivity contribution is 6.00. The van der Waals surface area contributed by atoms with Crippen molar-refractivity contribution in [2.24, 2.45) is 0 Å². The van der Waals surface area contributed by atoms with Crippen LogP contribution in [0.25, 0.3) is 22.2 Å². The number of nitrogens with one attached hydrogen (secondary N) is 2. The number of hydrogen-bond donors (Lipinski definition) is 2. The largest absolute Gasteiger partial charge is 0.381 e. The van der Waals surface area contributed by atoms with E-state index >= 15 is 0 Å². The van der Waals surface area contributed by atoms with Gasteiger partial charge in [0.25, 0.3) is 0 Å². The molecule has 0 amide bonds. The Bertz CT molecular complexity index is 947. The van der Waals surface area contributed by atoms with Crippen molar-refractivity contribution in [3.63, 3.8) is 0 Å². The molecule has 2 fully saturated rings. The molecule has 0 bridgehead atoms. The zero-order valence-electron chi connectivity index (χ0n) is 15.7. The maximum Gasteiger partial charge on any atom is 0.137 e. The number of aromatic amines is 1. The Morgan fingerprint density at radius 1 is 1.00 bits per heavy atom. The molecule has 0 saturated carbocycles. The average molecular weight is 380 g/mol. The Labute approximate surface area is 163 Å². The monoisotopic (exact) mass is 380 g/mol. The number of morpholine rings is 1. The third-order valence-corrected chi connectivity index (χ3v) is 5.39. The predicted octanol–water partition coefficient (Wildman–Crippen LogP) is 2.45. The first kappa shape index (κ1) is 17.4. The summed E-state index contributed by atoms with van der Waals surface area (Å²) in [5, 5.41) is 12.4. The molecule has 0 aromatic carbocycles. The van der Waals surface area contributed by atoms with Crippen molar-refractivity contribution in [3.8, 4) is 11.3 Å². The average Bonchev–Trinajstić information content (AvgIpc) is 3.21. The summed E-state index contributed by atoms with van der Waals surface area (Å²) in [7, 11) is 0. The second-order valence-corrected chi connectivity index (χ2v) is 7.19. The molecule has 2 saturated heterocycles. The van der Waals surface area contributed by atoms with E-state index in [9.17, 15) is 0 Å². The summed E-state index contributed by atoms with van der Waals surface area (Å²) in [4.78, 5) is 11.4. The number of rotatable bonds is 4. The Morgan fingerprint density at radius 2 is 1.79 bits per heavy atom. The van der Waals surface area contributed by atoms with Gasteiger partial charge < -0.3 is 19.7 Å². The van der Waals surface area contributed by atoms with E-state index < -0.39 is 0 Å². The van der Waals surface area contributed by atoms with Gasteiger partial charge in [-0.05, 0) is 31.0 Å². The molecule has 2 aliphatic heterocycles. The SMILES string of the molecule is c1cc(-c2n[nH]c3ccnc(NC4CCOCC4)c23)cc(N2CCOCC2)n1. The summed E-state index contributed by atoms with van der Waals surface area (Å²) in [6.45, 7) is 4.77.